The van der Waals surface area contributed by atoms with E-state index < -0.39 is 10.0 Å². The average molecular weight is 600 g/mol. The van der Waals surface area contributed by atoms with E-state index in [0.29, 0.717) is 29.7 Å². The molecule has 0 saturated carbocycles. The van der Waals surface area contributed by atoms with Crippen LogP contribution in [0.15, 0.2) is 98.2 Å². The Kier molecular flexibility index (Phi) is 9.84. The van der Waals surface area contributed by atoms with E-state index in [1.165, 1.54) is 29.3 Å². The van der Waals surface area contributed by atoms with E-state index >= 15 is 0 Å². The van der Waals surface area contributed by atoms with Crippen LogP contribution in [0.4, 0.5) is 0 Å². The Labute approximate surface area is 245 Å². The normalized spacial score (nSPS) is 16.2. The molecule has 0 saturated heterocycles. The van der Waals surface area contributed by atoms with Crippen molar-refractivity contribution in [2.75, 3.05) is 19.6 Å². The van der Waals surface area contributed by atoms with Gasteiger partial charge < -0.3 is 10.6 Å². The molecular formula is C29H32Cl2N6O2S. The molecule has 4 rings (SSSR count). The maximum absolute atomic E-state index is 13.4. The molecule has 0 aliphatic carbocycles. The highest BCUT2D eigenvalue weighted by Crippen LogP contribution is 2.30. The summed E-state index contributed by atoms with van der Waals surface area (Å²) in [4.78, 5) is 6.42. The van der Waals surface area contributed by atoms with Gasteiger partial charge in [-0.3, -0.25) is 0 Å². The summed E-state index contributed by atoms with van der Waals surface area (Å²) in [5, 5.41) is 7.38. The van der Waals surface area contributed by atoms with Gasteiger partial charge in [0.15, 0.2) is 5.96 Å². The highest BCUT2D eigenvalue weighted by atomic mass is 35.5. The molecule has 1 unspecified atom stereocenters. The van der Waals surface area contributed by atoms with Crippen molar-refractivity contribution >= 4 is 50.9 Å². The first kappa shape index (κ1) is 29.6. The van der Waals surface area contributed by atoms with Crippen molar-refractivity contribution < 1.29 is 8.42 Å². The van der Waals surface area contributed by atoms with Gasteiger partial charge in [-0.15, -0.1) is 4.40 Å². The fourth-order valence-corrected chi connectivity index (χ4v) is 5.49. The standard InChI is InChI=1S/C29H32Cl2N6O2S/c1-3-5-19-36(4-2)28(32)33-29(35-40(38,39)25-17-15-24(31)16-18-25)37-20-26(21-9-7-6-8-10-21)27(34-37)22-11-13-23(30)14-12-22/h6-18,26H,3-5,19-20H2,1-2H3,(H2,32,33,35). The second kappa shape index (κ2) is 13.3. The van der Waals surface area contributed by atoms with Crippen LogP contribution in [-0.4, -0.2) is 55.6 Å². The summed E-state index contributed by atoms with van der Waals surface area (Å²) in [5.74, 6) is -0.121. The lowest BCUT2D eigenvalue weighted by Crippen LogP contribution is -2.40. The third-order valence-corrected chi connectivity index (χ3v) is 8.28. The molecule has 210 valence electrons. The molecule has 1 atom stereocenters. The lowest BCUT2D eigenvalue weighted by Gasteiger charge is -2.22. The SMILES string of the molecule is CCCCN(CC)/C(N)=N/C(=N/S(=O)(=O)c1ccc(Cl)cc1)N1CC(c2ccccc2)C(c2ccc(Cl)cc2)=N1. The highest BCUT2D eigenvalue weighted by molar-refractivity contribution is 7.90. The largest absolute Gasteiger partial charge is 0.369 e. The van der Waals surface area contributed by atoms with Crippen molar-refractivity contribution in [2.45, 2.75) is 37.5 Å². The zero-order valence-corrected chi connectivity index (χ0v) is 24.7. The Morgan fingerprint density at radius 3 is 2.23 bits per heavy atom. The molecule has 3 aromatic rings. The average Bonchev–Trinajstić information content (AvgIpc) is 3.40. The molecule has 0 fully saturated rings. The van der Waals surface area contributed by atoms with Gasteiger partial charge in [-0.2, -0.15) is 18.5 Å². The molecule has 1 aliphatic rings. The molecule has 0 bridgehead atoms. The third kappa shape index (κ3) is 7.21. The molecule has 2 N–H and O–H groups in total. The van der Waals surface area contributed by atoms with E-state index in [1.54, 1.807) is 12.1 Å². The minimum absolute atomic E-state index is 0.0118. The van der Waals surface area contributed by atoms with E-state index in [2.05, 4.69) is 16.3 Å². The van der Waals surface area contributed by atoms with E-state index in [0.717, 1.165) is 29.7 Å². The Bertz CT molecular complexity index is 1490. The van der Waals surface area contributed by atoms with Crippen LogP contribution in [-0.2, 0) is 10.0 Å². The predicted octanol–water partition coefficient (Wildman–Crippen LogP) is 5.98. The quantitative estimate of drug-likeness (QED) is 0.254. The van der Waals surface area contributed by atoms with Crippen LogP contribution in [0.2, 0.25) is 10.0 Å². The number of guanidine groups is 2. The molecule has 8 nitrogen and oxygen atoms in total. The zero-order valence-electron chi connectivity index (χ0n) is 22.4. The summed E-state index contributed by atoms with van der Waals surface area (Å²) >= 11 is 12.1. The van der Waals surface area contributed by atoms with Crippen molar-refractivity contribution in [3.05, 3.63) is 100 Å². The molecule has 1 heterocycles. The molecule has 0 aromatic heterocycles. The first-order valence-electron chi connectivity index (χ1n) is 13.1. The molecule has 0 radical (unpaired) electrons. The number of halogens is 2. The highest BCUT2D eigenvalue weighted by Gasteiger charge is 2.33. The molecular weight excluding hydrogens is 567 g/mol. The van der Waals surface area contributed by atoms with E-state index in [1.807, 2.05) is 54.3 Å². The van der Waals surface area contributed by atoms with Crippen molar-refractivity contribution in [1.29, 1.82) is 0 Å². The van der Waals surface area contributed by atoms with Crippen LogP contribution in [0.5, 0.6) is 0 Å². The summed E-state index contributed by atoms with van der Waals surface area (Å²) in [6.07, 6.45) is 1.90. The Hall–Kier alpha value is -3.40. The van der Waals surface area contributed by atoms with Crippen LogP contribution in [0.3, 0.4) is 0 Å². The Morgan fingerprint density at radius 1 is 1.00 bits per heavy atom. The molecule has 0 spiro atoms. The number of benzene rings is 3. The van der Waals surface area contributed by atoms with Crippen LogP contribution in [0.1, 0.15) is 43.7 Å². The summed E-state index contributed by atoms with van der Waals surface area (Å²) in [6.45, 7) is 5.67. The molecule has 1 aliphatic heterocycles. The second-order valence-electron chi connectivity index (χ2n) is 9.26. The molecule has 11 heteroatoms. The smallest absolute Gasteiger partial charge is 0.285 e. The predicted molar refractivity (Wildman–Crippen MR) is 164 cm³/mol. The molecule has 40 heavy (non-hydrogen) atoms. The van der Waals surface area contributed by atoms with Gasteiger partial charge in [-0.1, -0.05) is 79.0 Å². The van der Waals surface area contributed by atoms with Crippen LogP contribution in [0, 0.1) is 0 Å². The van der Waals surface area contributed by atoms with E-state index in [-0.39, 0.29) is 22.7 Å². The van der Waals surface area contributed by atoms with Crippen LogP contribution < -0.4 is 5.73 Å². The first-order valence-corrected chi connectivity index (χ1v) is 15.3. The Balaban J connectivity index is 1.83. The zero-order chi connectivity index (χ0) is 28.7. The number of hydrazone groups is 1. The van der Waals surface area contributed by atoms with E-state index in [9.17, 15) is 8.42 Å². The van der Waals surface area contributed by atoms with Gasteiger partial charge in [0.05, 0.1) is 17.2 Å². The summed E-state index contributed by atoms with van der Waals surface area (Å²) < 4.78 is 30.9. The number of sulfonamides is 1. The number of hydrogen-bond donors (Lipinski definition) is 1. The van der Waals surface area contributed by atoms with E-state index in [4.69, 9.17) is 34.0 Å². The second-order valence-corrected chi connectivity index (χ2v) is 11.7. The van der Waals surface area contributed by atoms with Gasteiger partial charge in [-0.25, -0.2) is 5.01 Å². The van der Waals surface area contributed by atoms with Crippen molar-refractivity contribution in [3.63, 3.8) is 0 Å². The number of rotatable bonds is 8. The van der Waals surface area contributed by atoms with Gasteiger partial charge >= 0.3 is 0 Å². The number of nitrogens with two attached hydrogens (primary N) is 1. The van der Waals surface area contributed by atoms with Gasteiger partial charge in [0.25, 0.3) is 16.0 Å². The summed E-state index contributed by atoms with van der Waals surface area (Å²) in [7, 11) is -4.16. The summed E-state index contributed by atoms with van der Waals surface area (Å²) in [6, 6.07) is 23.1. The van der Waals surface area contributed by atoms with Crippen LogP contribution >= 0.6 is 23.2 Å². The fraction of sp³-hybridized carbons (Fsp3) is 0.276. The fourth-order valence-electron chi connectivity index (χ4n) is 4.30. The van der Waals surface area contributed by atoms with Crippen molar-refractivity contribution in [2.24, 2.45) is 20.2 Å². The topological polar surface area (TPSA) is 104 Å². The lowest BCUT2D eigenvalue weighted by atomic mass is 9.91. The maximum atomic E-state index is 13.4. The minimum Gasteiger partial charge on any atom is -0.369 e. The van der Waals surface area contributed by atoms with Gasteiger partial charge in [0.2, 0.25) is 0 Å². The number of unbranched alkanes of at least 4 members (excludes halogenated alkanes) is 1. The maximum Gasteiger partial charge on any atom is 0.285 e. The van der Waals surface area contributed by atoms with Crippen molar-refractivity contribution in [3.8, 4) is 0 Å². The molecule has 0 amide bonds. The lowest BCUT2D eigenvalue weighted by molar-refractivity contribution is 0.421. The van der Waals surface area contributed by atoms with Crippen LogP contribution in [0.25, 0.3) is 0 Å². The number of nitrogens with zero attached hydrogens (tertiary/aromatic N) is 5. The number of hydrogen-bond acceptors (Lipinski definition) is 3. The summed E-state index contributed by atoms with van der Waals surface area (Å²) in [5.41, 5.74) is 9.04. The van der Waals surface area contributed by atoms with Gasteiger partial charge in [-0.05, 0) is 60.9 Å². The van der Waals surface area contributed by atoms with Crippen molar-refractivity contribution in [1.82, 2.24) is 9.91 Å². The Morgan fingerprint density at radius 2 is 1.62 bits per heavy atom. The number of aliphatic imine (C=N–C) groups is 1. The van der Waals surface area contributed by atoms with Gasteiger partial charge in [0.1, 0.15) is 0 Å². The monoisotopic (exact) mass is 598 g/mol. The third-order valence-electron chi connectivity index (χ3n) is 6.50. The first-order chi connectivity index (χ1) is 19.2. The minimum atomic E-state index is -4.16. The molecule has 3 aromatic carbocycles. The van der Waals surface area contributed by atoms with Gasteiger partial charge in [0, 0.05) is 29.1 Å².